The molecule has 0 saturated carbocycles. The molecule has 3 N–H and O–H groups in total. The molecule has 0 aromatic heterocycles. The van der Waals surface area contributed by atoms with Crippen LogP contribution in [-0.4, -0.2) is 29.5 Å². The van der Waals surface area contributed by atoms with Gasteiger partial charge in [0.25, 0.3) is 0 Å². The number of benzene rings is 3. The Bertz CT molecular complexity index is 788. The first-order chi connectivity index (χ1) is 10.2. The van der Waals surface area contributed by atoms with Crippen LogP contribution >= 0.6 is 15.9 Å². The lowest BCUT2D eigenvalue weighted by Crippen LogP contribution is -2.22. The van der Waals surface area contributed by atoms with Crippen molar-refractivity contribution < 1.29 is 10.2 Å². The van der Waals surface area contributed by atoms with Crippen molar-refractivity contribution in [2.24, 2.45) is 0 Å². The van der Waals surface area contributed by atoms with Gasteiger partial charge in [-0.2, -0.15) is 0 Å². The normalized spacial score (nSPS) is 12.7. The average molecular weight is 346 g/mol. The lowest BCUT2D eigenvalue weighted by Gasteiger charge is -2.12. The minimum Gasteiger partial charge on any atom is -0.394 e. The van der Waals surface area contributed by atoms with E-state index in [1.54, 1.807) is 0 Å². The highest BCUT2D eigenvalue weighted by Gasteiger charge is 2.06. The summed E-state index contributed by atoms with van der Waals surface area (Å²) in [6.07, 6.45) is -0.748. The van der Waals surface area contributed by atoms with Crippen molar-refractivity contribution in [2.45, 2.75) is 6.10 Å². The Kier molecular flexibility index (Phi) is 4.10. The molecular weight excluding hydrogens is 330 g/mol. The van der Waals surface area contributed by atoms with Gasteiger partial charge >= 0.3 is 0 Å². The summed E-state index contributed by atoms with van der Waals surface area (Å²) in [5, 5.41) is 26.1. The van der Waals surface area contributed by atoms with Crippen LogP contribution in [0.3, 0.4) is 0 Å². The van der Waals surface area contributed by atoms with E-state index >= 15 is 0 Å². The molecule has 0 radical (unpaired) electrons. The Morgan fingerprint density at radius 3 is 2.52 bits per heavy atom. The van der Waals surface area contributed by atoms with E-state index in [0.717, 1.165) is 20.9 Å². The molecule has 0 aliphatic heterocycles. The number of rotatable bonds is 4. The molecule has 3 aromatic carbocycles. The minimum absolute atomic E-state index is 0.240. The zero-order valence-corrected chi connectivity index (χ0v) is 13.0. The van der Waals surface area contributed by atoms with Gasteiger partial charge in [0.15, 0.2) is 0 Å². The SMILES string of the molecule is OCC(O)CNc1ccc2cc(Br)c3ccccc3c2c1. The number of halogens is 1. The van der Waals surface area contributed by atoms with Gasteiger partial charge in [-0.3, -0.25) is 0 Å². The van der Waals surface area contributed by atoms with Crippen LogP contribution in [0.5, 0.6) is 0 Å². The molecule has 0 aliphatic carbocycles. The Morgan fingerprint density at radius 1 is 1.00 bits per heavy atom. The molecule has 4 heteroatoms. The maximum Gasteiger partial charge on any atom is 0.0942 e. The molecule has 1 atom stereocenters. The van der Waals surface area contributed by atoms with E-state index in [0.29, 0.717) is 6.54 Å². The molecular formula is C17H16BrNO2. The summed E-state index contributed by atoms with van der Waals surface area (Å²) in [4.78, 5) is 0. The summed E-state index contributed by atoms with van der Waals surface area (Å²) in [5.41, 5.74) is 0.933. The van der Waals surface area contributed by atoms with E-state index in [4.69, 9.17) is 5.11 Å². The molecule has 0 amide bonds. The number of fused-ring (bicyclic) bond motifs is 3. The highest BCUT2D eigenvalue weighted by molar-refractivity contribution is 9.10. The maximum absolute atomic E-state index is 9.42. The number of hydrogen-bond acceptors (Lipinski definition) is 3. The van der Waals surface area contributed by atoms with Gasteiger partial charge in [0.1, 0.15) is 0 Å². The minimum atomic E-state index is -0.748. The van der Waals surface area contributed by atoms with Gasteiger partial charge < -0.3 is 15.5 Å². The summed E-state index contributed by atoms with van der Waals surface area (Å²) in [6, 6.07) is 16.5. The van der Waals surface area contributed by atoms with Crippen LogP contribution in [-0.2, 0) is 0 Å². The molecule has 3 rings (SSSR count). The number of nitrogens with one attached hydrogen (secondary N) is 1. The third-order valence-electron chi connectivity index (χ3n) is 3.56. The van der Waals surface area contributed by atoms with E-state index in [9.17, 15) is 5.11 Å². The highest BCUT2D eigenvalue weighted by atomic mass is 79.9. The molecule has 3 nitrogen and oxygen atoms in total. The molecule has 0 fully saturated rings. The second-order valence-corrected chi connectivity index (χ2v) is 5.91. The Hall–Kier alpha value is -1.62. The van der Waals surface area contributed by atoms with Gasteiger partial charge in [-0.1, -0.05) is 46.3 Å². The maximum atomic E-state index is 9.42. The van der Waals surface area contributed by atoms with Crippen molar-refractivity contribution >= 4 is 43.2 Å². The van der Waals surface area contributed by atoms with Crippen molar-refractivity contribution in [1.82, 2.24) is 0 Å². The van der Waals surface area contributed by atoms with E-state index < -0.39 is 6.10 Å². The van der Waals surface area contributed by atoms with Gasteiger partial charge in [0.05, 0.1) is 12.7 Å². The lowest BCUT2D eigenvalue weighted by molar-refractivity contribution is 0.105. The number of anilines is 1. The fourth-order valence-corrected chi connectivity index (χ4v) is 3.06. The van der Waals surface area contributed by atoms with E-state index in [1.807, 2.05) is 18.2 Å². The van der Waals surface area contributed by atoms with Crippen molar-refractivity contribution in [3.05, 3.63) is 53.0 Å². The number of aliphatic hydroxyl groups excluding tert-OH is 2. The summed E-state index contributed by atoms with van der Waals surface area (Å²) >= 11 is 3.62. The first-order valence-corrected chi connectivity index (χ1v) is 7.62. The second kappa shape index (κ2) is 6.02. The predicted molar refractivity (Wildman–Crippen MR) is 90.7 cm³/mol. The van der Waals surface area contributed by atoms with E-state index in [2.05, 4.69) is 51.6 Å². The first-order valence-electron chi connectivity index (χ1n) is 6.83. The smallest absolute Gasteiger partial charge is 0.0942 e. The second-order valence-electron chi connectivity index (χ2n) is 5.06. The van der Waals surface area contributed by atoms with Crippen molar-refractivity contribution in [3.63, 3.8) is 0 Å². The zero-order valence-electron chi connectivity index (χ0n) is 11.4. The first kappa shape index (κ1) is 14.3. The number of hydrogen-bond donors (Lipinski definition) is 3. The quantitative estimate of drug-likeness (QED) is 0.634. The lowest BCUT2D eigenvalue weighted by atomic mass is 10.0. The standard InChI is InChI=1S/C17H16BrNO2/c18-17-7-11-5-6-12(19-9-13(21)10-20)8-16(11)14-3-1-2-4-15(14)17/h1-8,13,19-21H,9-10H2. The van der Waals surface area contributed by atoms with Crippen LogP contribution in [0.25, 0.3) is 21.5 Å². The van der Waals surface area contributed by atoms with Crippen LogP contribution in [0.1, 0.15) is 0 Å². The highest BCUT2D eigenvalue weighted by Crippen LogP contribution is 2.33. The summed E-state index contributed by atoms with van der Waals surface area (Å²) in [6.45, 7) is 0.0902. The molecule has 1 unspecified atom stereocenters. The molecule has 0 heterocycles. The molecule has 0 spiro atoms. The third kappa shape index (κ3) is 2.88. The van der Waals surface area contributed by atoms with Crippen LogP contribution in [0, 0.1) is 0 Å². The Labute approximate surface area is 131 Å². The molecule has 21 heavy (non-hydrogen) atoms. The van der Waals surface area contributed by atoms with Crippen molar-refractivity contribution in [3.8, 4) is 0 Å². The van der Waals surface area contributed by atoms with Crippen molar-refractivity contribution in [1.29, 1.82) is 0 Å². The van der Waals surface area contributed by atoms with Crippen LogP contribution in [0.15, 0.2) is 53.0 Å². The predicted octanol–water partition coefficient (Wildman–Crippen LogP) is 3.52. The van der Waals surface area contributed by atoms with Crippen LogP contribution in [0.2, 0.25) is 0 Å². The molecule has 0 aliphatic rings. The summed E-state index contributed by atoms with van der Waals surface area (Å²) in [7, 11) is 0. The van der Waals surface area contributed by atoms with Gasteiger partial charge in [0.2, 0.25) is 0 Å². The largest absolute Gasteiger partial charge is 0.394 e. The summed E-state index contributed by atoms with van der Waals surface area (Å²) < 4.78 is 1.09. The van der Waals surface area contributed by atoms with Gasteiger partial charge in [-0.25, -0.2) is 0 Å². The van der Waals surface area contributed by atoms with Crippen molar-refractivity contribution in [2.75, 3.05) is 18.5 Å². The average Bonchev–Trinajstić information content (AvgIpc) is 2.53. The van der Waals surface area contributed by atoms with E-state index in [1.165, 1.54) is 10.8 Å². The summed E-state index contributed by atoms with van der Waals surface area (Å²) in [5.74, 6) is 0. The fourth-order valence-electron chi connectivity index (χ4n) is 2.47. The Morgan fingerprint density at radius 2 is 1.76 bits per heavy atom. The Balaban J connectivity index is 2.07. The third-order valence-corrected chi connectivity index (χ3v) is 4.22. The van der Waals surface area contributed by atoms with Gasteiger partial charge in [-0.05, 0) is 39.7 Å². The molecule has 0 bridgehead atoms. The molecule has 3 aromatic rings. The van der Waals surface area contributed by atoms with Crippen LogP contribution in [0.4, 0.5) is 5.69 Å². The van der Waals surface area contributed by atoms with Crippen LogP contribution < -0.4 is 5.32 Å². The monoisotopic (exact) mass is 345 g/mol. The van der Waals surface area contributed by atoms with E-state index in [-0.39, 0.29) is 6.61 Å². The molecule has 108 valence electrons. The molecule has 0 saturated heterocycles. The zero-order chi connectivity index (χ0) is 14.8. The topological polar surface area (TPSA) is 52.5 Å². The number of aliphatic hydroxyl groups is 2. The fraction of sp³-hybridized carbons (Fsp3) is 0.176. The van der Waals surface area contributed by atoms with Gasteiger partial charge in [-0.15, -0.1) is 0 Å². The van der Waals surface area contributed by atoms with Gasteiger partial charge in [0, 0.05) is 16.7 Å².